The molecule has 102 valence electrons. The molecule has 6 nitrogen and oxygen atoms in total. The van der Waals surface area contributed by atoms with E-state index < -0.39 is 0 Å². The second kappa shape index (κ2) is 6.65. The molecule has 0 spiro atoms. The first-order chi connectivity index (χ1) is 8.54. The van der Waals surface area contributed by atoms with Crippen LogP contribution in [0.1, 0.15) is 30.0 Å². The first-order valence-electron chi connectivity index (χ1n) is 5.82. The van der Waals surface area contributed by atoms with E-state index in [2.05, 4.69) is 15.5 Å². The van der Waals surface area contributed by atoms with E-state index in [9.17, 15) is 4.79 Å². The second-order valence-electron chi connectivity index (χ2n) is 4.04. The van der Waals surface area contributed by atoms with Crippen molar-refractivity contribution in [2.45, 2.75) is 31.6 Å². The van der Waals surface area contributed by atoms with Crippen molar-refractivity contribution in [3.63, 3.8) is 0 Å². The third-order valence-electron chi connectivity index (χ3n) is 2.85. The van der Waals surface area contributed by atoms with E-state index >= 15 is 0 Å². The van der Waals surface area contributed by atoms with Gasteiger partial charge in [0, 0.05) is 11.3 Å². The van der Waals surface area contributed by atoms with E-state index in [4.69, 9.17) is 10.8 Å². The van der Waals surface area contributed by atoms with Crippen LogP contribution in [-0.2, 0) is 6.42 Å². The molecule has 0 saturated heterocycles. The monoisotopic (exact) mass is 272 g/mol. The zero-order valence-corrected chi connectivity index (χ0v) is 11.7. The Bertz CT molecular complexity index is 404. The molecule has 5 N–H and O–H groups in total. The summed E-state index contributed by atoms with van der Waals surface area (Å²) in [6.45, 7) is 3.79. The minimum absolute atomic E-state index is 0.0128. The summed E-state index contributed by atoms with van der Waals surface area (Å²) in [5.41, 5.74) is 7.20. The van der Waals surface area contributed by atoms with Gasteiger partial charge >= 0.3 is 0 Å². The minimum Gasteiger partial charge on any atom is -0.395 e. The fraction of sp³-hybridized carbons (Fsp3) is 0.636. The van der Waals surface area contributed by atoms with Gasteiger partial charge in [0.05, 0.1) is 18.0 Å². The van der Waals surface area contributed by atoms with Gasteiger partial charge in [-0.2, -0.15) is 16.9 Å². The summed E-state index contributed by atoms with van der Waals surface area (Å²) in [6.07, 6.45) is 2.59. The number of aromatic nitrogens is 2. The van der Waals surface area contributed by atoms with Crippen molar-refractivity contribution in [3.05, 3.63) is 11.4 Å². The quantitative estimate of drug-likeness (QED) is 0.600. The molecule has 0 radical (unpaired) electrons. The number of nitrogens with zero attached hydrogens (tertiary/aromatic N) is 1. The predicted molar refractivity (Wildman–Crippen MR) is 73.7 cm³/mol. The number of carbonyl (C=O) groups excluding carboxylic acids is 1. The zero-order valence-electron chi connectivity index (χ0n) is 10.9. The van der Waals surface area contributed by atoms with Crippen LogP contribution in [-0.4, -0.2) is 45.4 Å². The Kier molecular flexibility index (Phi) is 5.49. The maximum atomic E-state index is 12.0. The Morgan fingerprint density at radius 2 is 2.33 bits per heavy atom. The highest BCUT2D eigenvalue weighted by molar-refractivity contribution is 7.99. The van der Waals surface area contributed by atoms with Gasteiger partial charge in [0.25, 0.3) is 5.91 Å². The zero-order chi connectivity index (χ0) is 13.7. The van der Waals surface area contributed by atoms with Crippen molar-refractivity contribution in [2.75, 3.05) is 18.6 Å². The number of nitrogens with two attached hydrogens (primary N) is 1. The molecule has 1 heterocycles. The SMILES string of the molecule is CCc1[nH]nc(C(=O)NC(C)C(CO)SC)c1N. The third-order valence-corrected chi connectivity index (χ3v) is 4.01. The molecular weight excluding hydrogens is 252 g/mol. The molecule has 1 aromatic rings. The largest absolute Gasteiger partial charge is 0.395 e. The van der Waals surface area contributed by atoms with Crippen LogP contribution in [0.4, 0.5) is 5.69 Å². The number of nitrogen functional groups attached to an aromatic ring is 1. The Labute approximate surface area is 111 Å². The Morgan fingerprint density at radius 1 is 1.67 bits per heavy atom. The molecule has 0 aliphatic carbocycles. The number of hydrogen-bond donors (Lipinski definition) is 4. The average molecular weight is 272 g/mol. The third kappa shape index (κ3) is 3.17. The molecule has 0 aliphatic rings. The lowest BCUT2D eigenvalue weighted by molar-refractivity contribution is 0.0932. The molecule has 7 heteroatoms. The number of H-pyrrole nitrogens is 1. The van der Waals surface area contributed by atoms with Crippen LogP contribution in [0.5, 0.6) is 0 Å². The number of aromatic amines is 1. The van der Waals surface area contributed by atoms with E-state index in [0.29, 0.717) is 12.1 Å². The number of anilines is 1. The van der Waals surface area contributed by atoms with Crippen LogP contribution < -0.4 is 11.1 Å². The fourth-order valence-electron chi connectivity index (χ4n) is 1.63. The molecule has 0 aromatic carbocycles. The summed E-state index contributed by atoms with van der Waals surface area (Å²) >= 11 is 1.50. The first-order valence-corrected chi connectivity index (χ1v) is 7.11. The fourth-order valence-corrected chi connectivity index (χ4v) is 2.26. The highest BCUT2D eigenvalue weighted by atomic mass is 32.2. The molecule has 0 aliphatic heterocycles. The molecule has 1 aromatic heterocycles. The highest BCUT2D eigenvalue weighted by Gasteiger charge is 2.21. The molecular formula is C11H20N4O2S. The smallest absolute Gasteiger partial charge is 0.274 e. The molecule has 0 bridgehead atoms. The van der Waals surface area contributed by atoms with Crippen molar-refractivity contribution < 1.29 is 9.90 Å². The van der Waals surface area contributed by atoms with Gasteiger partial charge in [-0.05, 0) is 19.6 Å². The van der Waals surface area contributed by atoms with Crippen molar-refractivity contribution >= 4 is 23.4 Å². The Hall–Kier alpha value is -1.21. The van der Waals surface area contributed by atoms with Crippen LogP contribution in [0.25, 0.3) is 0 Å². The predicted octanol–water partition coefficient (Wildman–Crippen LogP) is 0.396. The van der Waals surface area contributed by atoms with Crippen molar-refractivity contribution in [1.82, 2.24) is 15.5 Å². The number of amides is 1. The highest BCUT2D eigenvalue weighted by Crippen LogP contribution is 2.15. The van der Waals surface area contributed by atoms with Crippen LogP contribution >= 0.6 is 11.8 Å². The van der Waals surface area contributed by atoms with Crippen LogP contribution in [0.3, 0.4) is 0 Å². The lowest BCUT2D eigenvalue weighted by atomic mass is 10.2. The summed E-state index contributed by atoms with van der Waals surface area (Å²) in [6, 6.07) is -0.154. The maximum Gasteiger partial charge on any atom is 0.274 e. The van der Waals surface area contributed by atoms with Gasteiger partial charge in [-0.1, -0.05) is 6.92 Å². The van der Waals surface area contributed by atoms with E-state index in [1.165, 1.54) is 11.8 Å². The topological polar surface area (TPSA) is 104 Å². The lowest BCUT2D eigenvalue weighted by Gasteiger charge is -2.20. The molecule has 2 unspecified atom stereocenters. The van der Waals surface area contributed by atoms with Gasteiger partial charge in [-0.3, -0.25) is 9.89 Å². The maximum absolute atomic E-state index is 12.0. The molecule has 0 saturated carbocycles. The van der Waals surface area contributed by atoms with E-state index in [-0.39, 0.29) is 29.5 Å². The number of aliphatic hydroxyl groups is 1. The number of hydrogen-bond acceptors (Lipinski definition) is 5. The molecule has 1 rings (SSSR count). The van der Waals surface area contributed by atoms with E-state index in [0.717, 1.165) is 5.69 Å². The summed E-state index contributed by atoms with van der Waals surface area (Å²) in [5, 5.41) is 18.6. The standard InChI is InChI=1S/C11H20N4O2S/c1-4-7-9(12)10(15-14-7)11(17)13-6(2)8(5-16)18-3/h6,8,16H,4-5,12H2,1-3H3,(H,13,17)(H,14,15). The van der Waals surface area contributed by atoms with Crippen molar-refractivity contribution in [3.8, 4) is 0 Å². The number of aryl methyl sites for hydroxylation is 1. The summed E-state index contributed by atoms with van der Waals surface area (Å²) in [7, 11) is 0. The van der Waals surface area contributed by atoms with E-state index in [1.807, 2.05) is 20.1 Å². The summed E-state index contributed by atoms with van der Waals surface area (Å²) in [5.74, 6) is -0.316. The van der Waals surface area contributed by atoms with Gasteiger partial charge in [-0.25, -0.2) is 0 Å². The first kappa shape index (κ1) is 14.8. The normalized spacial score (nSPS) is 14.2. The molecule has 0 fully saturated rings. The summed E-state index contributed by atoms with van der Waals surface area (Å²) in [4.78, 5) is 12.0. The minimum atomic E-state index is -0.316. The summed E-state index contributed by atoms with van der Waals surface area (Å²) < 4.78 is 0. The van der Waals surface area contributed by atoms with Crippen molar-refractivity contribution in [2.24, 2.45) is 0 Å². The average Bonchev–Trinajstić information content (AvgIpc) is 2.71. The molecule has 2 atom stereocenters. The van der Waals surface area contributed by atoms with Gasteiger partial charge in [0.15, 0.2) is 5.69 Å². The molecule has 1 amide bonds. The number of aliphatic hydroxyl groups excluding tert-OH is 1. The Morgan fingerprint density at radius 3 is 2.78 bits per heavy atom. The Balaban J connectivity index is 2.73. The second-order valence-corrected chi connectivity index (χ2v) is 5.11. The number of thioether (sulfide) groups is 1. The lowest BCUT2D eigenvalue weighted by Crippen LogP contribution is -2.41. The van der Waals surface area contributed by atoms with Gasteiger partial charge < -0.3 is 16.2 Å². The molecule has 18 heavy (non-hydrogen) atoms. The van der Waals surface area contributed by atoms with Gasteiger partial charge in [0.1, 0.15) is 0 Å². The number of nitrogens with one attached hydrogen (secondary N) is 2. The number of carbonyl (C=O) groups is 1. The van der Waals surface area contributed by atoms with Gasteiger partial charge in [-0.15, -0.1) is 0 Å². The van der Waals surface area contributed by atoms with Crippen LogP contribution in [0.2, 0.25) is 0 Å². The van der Waals surface area contributed by atoms with Crippen LogP contribution in [0.15, 0.2) is 0 Å². The number of rotatable bonds is 6. The van der Waals surface area contributed by atoms with E-state index in [1.54, 1.807) is 0 Å². The van der Waals surface area contributed by atoms with Crippen molar-refractivity contribution in [1.29, 1.82) is 0 Å². The van der Waals surface area contributed by atoms with Crippen LogP contribution in [0, 0.1) is 0 Å². The van der Waals surface area contributed by atoms with Gasteiger partial charge in [0.2, 0.25) is 0 Å².